The minimum Gasteiger partial charge on any atom is -0.370 e. The van der Waals surface area contributed by atoms with E-state index < -0.39 is 6.17 Å². The lowest BCUT2D eigenvalue weighted by Gasteiger charge is -2.32. The maximum atomic E-state index is 13.5. The maximum Gasteiger partial charge on any atom is 0.144 e. The zero-order valence-electron chi connectivity index (χ0n) is 13.3. The smallest absolute Gasteiger partial charge is 0.144 e. The van der Waals surface area contributed by atoms with Crippen molar-refractivity contribution in [1.29, 1.82) is 0 Å². The molecule has 1 fully saturated rings. The molecular formula is C19H19FN4. The summed E-state index contributed by atoms with van der Waals surface area (Å²) in [6, 6.07) is 12.1. The van der Waals surface area contributed by atoms with Gasteiger partial charge in [-0.15, -0.1) is 0 Å². The van der Waals surface area contributed by atoms with Crippen LogP contribution in [0.2, 0.25) is 0 Å². The highest BCUT2D eigenvalue weighted by Gasteiger charge is 2.21. The van der Waals surface area contributed by atoms with Crippen LogP contribution in [0.1, 0.15) is 12.8 Å². The van der Waals surface area contributed by atoms with Gasteiger partial charge in [0.25, 0.3) is 0 Å². The van der Waals surface area contributed by atoms with E-state index in [1.807, 2.05) is 48.8 Å². The van der Waals surface area contributed by atoms with Gasteiger partial charge in [-0.1, -0.05) is 30.3 Å². The number of rotatable bonds is 3. The lowest BCUT2D eigenvalue weighted by atomic mass is 10.1. The summed E-state index contributed by atoms with van der Waals surface area (Å²) >= 11 is 0. The molecule has 0 N–H and O–H groups in total. The fourth-order valence-corrected chi connectivity index (χ4v) is 3.22. The lowest BCUT2D eigenvalue weighted by Crippen LogP contribution is -2.35. The molecule has 0 amide bonds. The molecule has 1 aromatic carbocycles. The molecule has 3 aromatic rings. The van der Waals surface area contributed by atoms with Gasteiger partial charge in [0.15, 0.2) is 0 Å². The molecule has 0 radical (unpaired) electrons. The predicted molar refractivity (Wildman–Crippen MR) is 93.1 cm³/mol. The van der Waals surface area contributed by atoms with Crippen molar-refractivity contribution in [3.05, 3.63) is 61.2 Å². The zero-order chi connectivity index (χ0) is 16.4. The molecule has 0 unspecified atom stereocenters. The monoisotopic (exact) mass is 322 g/mol. The third-order valence-corrected chi connectivity index (χ3v) is 4.48. The van der Waals surface area contributed by atoms with Gasteiger partial charge in [0.2, 0.25) is 0 Å². The first kappa shape index (κ1) is 14.9. The Morgan fingerprint density at radius 2 is 1.75 bits per heavy atom. The fraction of sp³-hybridized carbons (Fsp3) is 0.263. The summed E-state index contributed by atoms with van der Waals surface area (Å²) in [6.45, 7) is 1.46. The second kappa shape index (κ2) is 6.43. The first-order chi connectivity index (χ1) is 11.8. The number of piperidine rings is 1. The number of alkyl halides is 1. The Morgan fingerprint density at radius 1 is 0.958 bits per heavy atom. The van der Waals surface area contributed by atoms with Crippen molar-refractivity contribution in [2.75, 3.05) is 18.0 Å². The van der Waals surface area contributed by atoms with Crippen LogP contribution in [0, 0.1) is 0 Å². The number of nitrogens with zero attached hydrogens (tertiary/aromatic N) is 4. The third-order valence-electron chi connectivity index (χ3n) is 4.48. The molecule has 122 valence electrons. The van der Waals surface area contributed by atoms with Crippen LogP contribution in [0.3, 0.4) is 0 Å². The van der Waals surface area contributed by atoms with Gasteiger partial charge in [0.05, 0.1) is 17.6 Å². The van der Waals surface area contributed by atoms with Crippen LogP contribution in [-0.2, 0) is 0 Å². The van der Waals surface area contributed by atoms with Gasteiger partial charge in [-0.2, -0.15) is 0 Å². The number of halogens is 1. The summed E-state index contributed by atoms with van der Waals surface area (Å²) < 4.78 is 15.5. The summed E-state index contributed by atoms with van der Waals surface area (Å²) in [7, 11) is 0. The number of pyridine rings is 1. The summed E-state index contributed by atoms with van der Waals surface area (Å²) in [5, 5.41) is 0. The van der Waals surface area contributed by atoms with Gasteiger partial charge >= 0.3 is 0 Å². The van der Waals surface area contributed by atoms with Gasteiger partial charge in [0.1, 0.15) is 12.0 Å². The molecule has 0 saturated carbocycles. The van der Waals surface area contributed by atoms with E-state index in [1.54, 1.807) is 12.4 Å². The minimum atomic E-state index is -0.681. The van der Waals surface area contributed by atoms with Crippen molar-refractivity contribution in [3.8, 4) is 17.1 Å². The molecule has 2 aromatic heterocycles. The van der Waals surface area contributed by atoms with Gasteiger partial charge in [0, 0.05) is 37.2 Å². The minimum absolute atomic E-state index is 0.581. The standard InChI is InChI=1S/C19H19FN4/c20-16-7-11-23(12-8-16)17-6-9-21-14-18(17)24-13-10-22-19(24)15-4-2-1-3-5-15/h1-6,9-10,13-14,16H,7-8,11-12H2. The summed E-state index contributed by atoms with van der Waals surface area (Å²) in [4.78, 5) is 11.1. The van der Waals surface area contributed by atoms with Crippen LogP contribution in [0.15, 0.2) is 61.2 Å². The van der Waals surface area contributed by atoms with Crippen LogP contribution in [-0.4, -0.2) is 33.8 Å². The van der Waals surface area contributed by atoms with E-state index in [1.165, 1.54) is 0 Å². The highest BCUT2D eigenvalue weighted by Crippen LogP contribution is 2.30. The van der Waals surface area contributed by atoms with E-state index in [-0.39, 0.29) is 0 Å². The fourth-order valence-electron chi connectivity index (χ4n) is 3.22. The van der Waals surface area contributed by atoms with Crippen molar-refractivity contribution in [2.24, 2.45) is 0 Å². The number of hydrogen-bond acceptors (Lipinski definition) is 3. The number of benzene rings is 1. The molecule has 1 aliphatic rings. The molecule has 24 heavy (non-hydrogen) atoms. The van der Waals surface area contributed by atoms with Crippen molar-refractivity contribution in [2.45, 2.75) is 19.0 Å². The first-order valence-electron chi connectivity index (χ1n) is 8.25. The molecular weight excluding hydrogens is 303 g/mol. The Bertz CT molecular complexity index is 807. The molecule has 4 rings (SSSR count). The molecule has 1 aliphatic heterocycles. The summed E-state index contributed by atoms with van der Waals surface area (Å²) in [5.41, 5.74) is 3.11. The van der Waals surface area contributed by atoms with E-state index >= 15 is 0 Å². The Hall–Kier alpha value is -2.69. The zero-order valence-corrected chi connectivity index (χ0v) is 13.3. The molecule has 1 saturated heterocycles. The Morgan fingerprint density at radius 3 is 2.54 bits per heavy atom. The Kier molecular flexibility index (Phi) is 3.99. The van der Waals surface area contributed by atoms with E-state index in [0.717, 1.165) is 35.9 Å². The van der Waals surface area contributed by atoms with Crippen molar-refractivity contribution in [1.82, 2.24) is 14.5 Å². The van der Waals surface area contributed by atoms with Gasteiger partial charge in [-0.3, -0.25) is 9.55 Å². The SMILES string of the molecule is FC1CCN(c2ccncc2-n2ccnc2-c2ccccc2)CC1. The van der Waals surface area contributed by atoms with E-state index in [2.05, 4.69) is 19.4 Å². The van der Waals surface area contributed by atoms with Crippen LogP contribution >= 0.6 is 0 Å². The van der Waals surface area contributed by atoms with Gasteiger partial charge in [-0.05, 0) is 18.9 Å². The molecule has 3 heterocycles. The van der Waals surface area contributed by atoms with Crippen molar-refractivity contribution < 1.29 is 4.39 Å². The second-order valence-corrected chi connectivity index (χ2v) is 6.01. The molecule has 0 spiro atoms. The maximum absolute atomic E-state index is 13.5. The average Bonchev–Trinajstić information content (AvgIpc) is 3.13. The summed E-state index contributed by atoms with van der Waals surface area (Å²) in [6.07, 6.45) is 7.87. The normalized spacial score (nSPS) is 15.6. The molecule has 4 nitrogen and oxygen atoms in total. The largest absolute Gasteiger partial charge is 0.370 e. The average molecular weight is 322 g/mol. The molecule has 0 aliphatic carbocycles. The van der Waals surface area contributed by atoms with Crippen LogP contribution in [0.25, 0.3) is 17.1 Å². The lowest BCUT2D eigenvalue weighted by molar-refractivity contribution is 0.277. The highest BCUT2D eigenvalue weighted by molar-refractivity contribution is 5.67. The van der Waals surface area contributed by atoms with Crippen molar-refractivity contribution >= 4 is 5.69 Å². The third kappa shape index (κ3) is 2.77. The van der Waals surface area contributed by atoms with Crippen LogP contribution in [0.4, 0.5) is 10.1 Å². The quantitative estimate of drug-likeness (QED) is 0.734. The molecule has 0 atom stereocenters. The molecule has 0 bridgehead atoms. The number of aromatic nitrogens is 3. The van der Waals surface area contributed by atoms with Crippen LogP contribution in [0.5, 0.6) is 0 Å². The predicted octanol–water partition coefficient (Wildman–Crippen LogP) is 3.87. The van der Waals surface area contributed by atoms with Crippen molar-refractivity contribution in [3.63, 3.8) is 0 Å². The Labute approximate surface area is 140 Å². The first-order valence-corrected chi connectivity index (χ1v) is 8.25. The highest BCUT2D eigenvalue weighted by atomic mass is 19.1. The van der Waals surface area contributed by atoms with Gasteiger partial charge < -0.3 is 4.90 Å². The second-order valence-electron chi connectivity index (χ2n) is 6.01. The van der Waals surface area contributed by atoms with Gasteiger partial charge in [-0.25, -0.2) is 9.37 Å². The summed E-state index contributed by atoms with van der Waals surface area (Å²) in [5.74, 6) is 0.880. The number of imidazole rings is 1. The van der Waals surface area contributed by atoms with E-state index in [4.69, 9.17) is 0 Å². The van der Waals surface area contributed by atoms with E-state index in [9.17, 15) is 4.39 Å². The Balaban J connectivity index is 1.75. The topological polar surface area (TPSA) is 34.0 Å². The number of anilines is 1. The van der Waals surface area contributed by atoms with E-state index in [0.29, 0.717) is 12.8 Å². The number of hydrogen-bond donors (Lipinski definition) is 0. The molecule has 5 heteroatoms. The van der Waals surface area contributed by atoms with Crippen LogP contribution < -0.4 is 4.90 Å².